The quantitative estimate of drug-likeness (QED) is 0.826. The zero-order valence-corrected chi connectivity index (χ0v) is 11.8. The maximum Gasteiger partial charge on any atom is 0.128 e. The van der Waals surface area contributed by atoms with Gasteiger partial charge in [0.1, 0.15) is 11.6 Å². The molecule has 0 saturated heterocycles. The Morgan fingerprint density at radius 1 is 1.35 bits per heavy atom. The van der Waals surface area contributed by atoms with Crippen molar-refractivity contribution >= 4 is 11.9 Å². The van der Waals surface area contributed by atoms with Crippen LogP contribution in [0.2, 0.25) is 0 Å². The van der Waals surface area contributed by atoms with E-state index in [0.29, 0.717) is 11.3 Å². The summed E-state index contributed by atoms with van der Waals surface area (Å²) in [7, 11) is 1.58. The van der Waals surface area contributed by atoms with Crippen LogP contribution in [0.15, 0.2) is 18.2 Å². The van der Waals surface area contributed by atoms with Crippen LogP contribution in [0.5, 0.6) is 5.75 Å². The SMILES string of the molecule is COc1ccc(F)c([C@H](C)NSC(C)(C)C)c1. The van der Waals surface area contributed by atoms with Crippen molar-refractivity contribution in [1.29, 1.82) is 0 Å². The molecule has 4 heteroatoms. The molecule has 0 unspecified atom stereocenters. The molecule has 0 spiro atoms. The van der Waals surface area contributed by atoms with E-state index in [4.69, 9.17) is 4.74 Å². The Labute approximate surface area is 107 Å². The molecule has 0 aliphatic heterocycles. The normalized spacial score (nSPS) is 13.5. The van der Waals surface area contributed by atoms with E-state index in [2.05, 4.69) is 25.5 Å². The summed E-state index contributed by atoms with van der Waals surface area (Å²) < 4.78 is 22.1. The molecule has 0 aromatic heterocycles. The minimum absolute atomic E-state index is 0.0608. The molecule has 96 valence electrons. The minimum atomic E-state index is -0.208. The predicted octanol–water partition coefficient (Wildman–Crippen LogP) is 3.93. The lowest BCUT2D eigenvalue weighted by atomic mass is 10.1. The van der Waals surface area contributed by atoms with E-state index in [0.717, 1.165) is 0 Å². The van der Waals surface area contributed by atoms with Gasteiger partial charge in [-0.05, 0) is 45.9 Å². The second-order valence-corrected chi connectivity index (χ2v) is 6.61. The summed E-state index contributed by atoms with van der Waals surface area (Å²) in [5, 5.41) is 0. The first-order valence-electron chi connectivity index (χ1n) is 5.60. The fourth-order valence-electron chi connectivity index (χ4n) is 1.31. The van der Waals surface area contributed by atoms with Crippen molar-refractivity contribution < 1.29 is 9.13 Å². The molecule has 1 rings (SSSR count). The molecule has 0 aliphatic rings. The summed E-state index contributed by atoms with van der Waals surface area (Å²) in [5.41, 5.74) is 0.626. The molecule has 17 heavy (non-hydrogen) atoms. The molecule has 1 atom stereocenters. The Bertz CT molecular complexity index is 376. The molecule has 0 bridgehead atoms. The van der Waals surface area contributed by atoms with Gasteiger partial charge in [-0.3, -0.25) is 4.72 Å². The highest BCUT2D eigenvalue weighted by atomic mass is 32.2. The van der Waals surface area contributed by atoms with Crippen molar-refractivity contribution in [2.24, 2.45) is 0 Å². The van der Waals surface area contributed by atoms with Gasteiger partial charge in [0.2, 0.25) is 0 Å². The highest BCUT2D eigenvalue weighted by molar-refractivity contribution is 7.98. The van der Waals surface area contributed by atoms with E-state index in [9.17, 15) is 4.39 Å². The van der Waals surface area contributed by atoms with Gasteiger partial charge < -0.3 is 4.74 Å². The number of rotatable bonds is 4. The Morgan fingerprint density at radius 3 is 2.53 bits per heavy atom. The van der Waals surface area contributed by atoms with Gasteiger partial charge in [-0.2, -0.15) is 0 Å². The van der Waals surface area contributed by atoms with Crippen LogP contribution < -0.4 is 9.46 Å². The van der Waals surface area contributed by atoms with Gasteiger partial charge in [0, 0.05) is 16.4 Å². The van der Waals surface area contributed by atoms with Crippen LogP contribution in [0.25, 0.3) is 0 Å². The summed E-state index contributed by atoms with van der Waals surface area (Å²) in [6.07, 6.45) is 0. The smallest absolute Gasteiger partial charge is 0.128 e. The largest absolute Gasteiger partial charge is 0.497 e. The number of methoxy groups -OCH3 is 1. The highest BCUT2D eigenvalue weighted by Gasteiger charge is 2.16. The van der Waals surface area contributed by atoms with Crippen LogP contribution in [-0.2, 0) is 0 Å². The lowest BCUT2D eigenvalue weighted by Crippen LogP contribution is -2.20. The Morgan fingerprint density at radius 2 is 2.00 bits per heavy atom. The average Bonchev–Trinajstić information content (AvgIpc) is 2.25. The van der Waals surface area contributed by atoms with Crippen LogP contribution in [0.1, 0.15) is 39.3 Å². The summed E-state index contributed by atoms with van der Waals surface area (Å²) >= 11 is 1.60. The van der Waals surface area contributed by atoms with Gasteiger partial charge in [0.15, 0.2) is 0 Å². The molecule has 0 amide bonds. The third-order valence-corrected chi connectivity index (χ3v) is 3.30. The van der Waals surface area contributed by atoms with Crippen molar-refractivity contribution in [2.45, 2.75) is 38.5 Å². The molecule has 1 aromatic rings. The van der Waals surface area contributed by atoms with Crippen molar-refractivity contribution in [3.63, 3.8) is 0 Å². The lowest BCUT2D eigenvalue weighted by molar-refractivity contribution is 0.412. The third-order valence-electron chi connectivity index (χ3n) is 2.21. The maximum absolute atomic E-state index is 13.7. The first-order chi connectivity index (χ1) is 7.83. The van der Waals surface area contributed by atoms with Crippen LogP contribution in [0, 0.1) is 5.82 Å². The van der Waals surface area contributed by atoms with E-state index in [1.165, 1.54) is 6.07 Å². The van der Waals surface area contributed by atoms with Crippen LogP contribution in [0.3, 0.4) is 0 Å². The predicted molar refractivity (Wildman–Crippen MR) is 71.8 cm³/mol. The Balaban J connectivity index is 2.77. The van der Waals surface area contributed by atoms with E-state index < -0.39 is 0 Å². The number of hydrogen-bond donors (Lipinski definition) is 1. The monoisotopic (exact) mass is 257 g/mol. The molecular weight excluding hydrogens is 237 g/mol. The molecular formula is C13H20FNOS. The molecule has 2 nitrogen and oxygen atoms in total. The molecule has 1 aromatic carbocycles. The zero-order chi connectivity index (χ0) is 13.1. The summed E-state index contributed by atoms with van der Waals surface area (Å²) in [4.78, 5) is 0. The molecule has 1 N–H and O–H groups in total. The van der Waals surface area contributed by atoms with Gasteiger partial charge in [0.25, 0.3) is 0 Å². The second kappa shape index (κ2) is 5.74. The van der Waals surface area contributed by atoms with Crippen molar-refractivity contribution in [2.75, 3.05) is 7.11 Å². The van der Waals surface area contributed by atoms with Crippen molar-refractivity contribution in [3.8, 4) is 5.75 Å². The Kier molecular flexibility index (Phi) is 4.83. The van der Waals surface area contributed by atoms with Crippen molar-refractivity contribution in [1.82, 2.24) is 4.72 Å². The Hall–Kier alpha value is -0.740. The number of benzene rings is 1. The molecule has 0 saturated carbocycles. The minimum Gasteiger partial charge on any atom is -0.497 e. The van der Waals surface area contributed by atoms with Crippen LogP contribution >= 0.6 is 11.9 Å². The maximum atomic E-state index is 13.7. The zero-order valence-electron chi connectivity index (χ0n) is 11.0. The topological polar surface area (TPSA) is 21.3 Å². The van der Waals surface area contributed by atoms with Gasteiger partial charge in [0.05, 0.1) is 7.11 Å². The first kappa shape index (κ1) is 14.3. The number of halogens is 1. The summed E-state index contributed by atoms with van der Waals surface area (Å²) in [5.74, 6) is 0.469. The first-order valence-corrected chi connectivity index (χ1v) is 6.42. The lowest BCUT2D eigenvalue weighted by Gasteiger charge is -2.22. The van der Waals surface area contributed by atoms with Gasteiger partial charge in [-0.15, -0.1) is 0 Å². The van der Waals surface area contributed by atoms with E-state index in [1.807, 2.05) is 6.92 Å². The fourth-order valence-corrected chi connectivity index (χ4v) is 1.97. The van der Waals surface area contributed by atoms with E-state index in [-0.39, 0.29) is 16.6 Å². The fraction of sp³-hybridized carbons (Fsp3) is 0.538. The van der Waals surface area contributed by atoms with E-state index in [1.54, 1.807) is 31.2 Å². The molecule has 0 heterocycles. The number of nitrogens with one attached hydrogen (secondary N) is 1. The van der Waals surface area contributed by atoms with Crippen LogP contribution in [-0.4, -0.2) is 11.9 Å². The average molecular weight is 257 g/mol. The summed E-state index contributed by atoms with van der Waals surface area (Å²) in [6.45, 7) is 8.27. The third kappa shape index (κ3) is 4.56. The van der Waals surface area contributed by atoms with Gasteiger partial charge >= 0.3 is 0 Å². The summed E-state index contributed by atoms with van der Waals surface area (Å²) in [6, 6.07) is 4.74. The van der Waals surface area contributed by atoms with Gasteiger partial charge in [-0.1, -0.05) is 11.9 Å². The standard InChI is InChI=1S/C13H20FNOS/c1-9(15-17-13(2,3)4)11-8-10(16-5)6-7-12(11)14/h6-9,15H,1-5H3/t9-/m0/s1. The molecule has 0 radical (unpaired) electrons. The van der Waals surface area contributed by atoms with Crippen LogP contribution in [0.4, 0.5) is 4.39 Å². The molecule has 0 aliphatic carbocycles. The second-order valence-electron chi connectivity index (χ2n) is 4.94. The number of ether oxygens (including phenoxy) is 1. The highest BCUT2D eigenvalue weighted by Crippen LogP contribution is 2.27. The van der Waals surface area contributed by atoms with Gasteiger partial charge in [-0.25, -0.2) is 4.39 Å². The molecule has 0 fully saturated rings. The van der Waals surface area contributed by atoms with Crippen molar-refractivity contribution in [3.05, 3.63) is 29.6 Å². The van der Waals surface area contributed by atoms with E-state index >= 15 is 0 Å². The number of hydrogen-bond acceptors (Lipinski definition) is 3.